The van der Waals surface area contributed by atoms with E-state index in [0.29, 0.717) is 11.3 Å². The molecular formula is C17H19NO4S. The minimum atomic E-state index is -3.35. The van der Waals surface area contributed by atoms with Crippen molar-refractivity contribution >= 4 is 21.5 Å². The summed E-state index contributed by atoms with van der Waals surface area (Å²) >= 11 is 0. The largest absolute Gasteiger partial charge is 0.462 e. The summed E-state index contributed by atoms with van der Waals surface area (Å²) in [4.78, 5) is 12.1. The van der Waals surface area contributed by atoms with Gasteiger partial charge in [-0.15, -0.1) is 0 Å². The highest BCUT2D eigenvalue weighted by Crippen LogP contribution is 2.13. The molecule has 0 unspecified atom stereocenters. The van der Waals surface area contributed by atoms with E-state index in [2.05, 4.69) is 0 Å². The number of nitrogens with two attached hydrogens (primary N) is 1. The molecule has 0 saturated heterocycles. The maximum atomic E-state index is 12.1. The van der Waals surface area contributed by atoms with E-state index in [4.69, 9.17) is 10.5 Å². The third-order valence-corrected chi connectivity index (χ3v) is 5.13. The highest BCUT2D eigenvalue weighted by molar-refractivity contribution is 7.91. The predicted molar refractivity (Wildman–Crippen MR) is 89.0 cm³/mol. The number of sulfone groups is 1. The molecule has 0 saturated carbocycles. The van der Waals surface area contributed by atoms with Crippen LogP contribution in [0.25, 0.3) is 0 Å². The van der Waals surface area contributed by atoms with E-state index in [0.717, 1.165) is 5.56 Å². The lowest BCUT2D eigenvalue weighted by Crippen LogP contribution is -2.12. The molecule has 0 heterocycles. The number of benzene rings is 2. The second kappa shape index (κ2) is 7.28. The van der Waals surface area contributed by atoms with Gasteiger partial charge in [0, 0.05) is 5.69 Å². The quantitative estimate of drug-likeness (QED) is 0.499. The lowest BCUT2D eigenvalue weighted by Gasteiger charge is -2.07. The van der Waals surface area contributed by atoms with E-state index in [9.17, 15) is 13.2 Å². The van der Waals surface area contributed by atoms with Gasteiger partial charge >= 0.3 is 5.97 Å². The second-order valence-electron chi connectivity index (χ2n) is 5.24. The number of hydrogen-bond acceptors (Lipinski definition) is 5. The maximum Gasteiger partial charge on any atom is 0.338 e. The number of rotatable bonds is 6. The van der Waals surface area contributed by atoms with Gasteiger partial charge in [-0.1, -0.05) is 17.7 Å². The fourth-order valence-electron chi connectivity index (χ4n) is 1.98. The zero-order valence-corrected chi connectivity index (χ0v) is 13.7. The first-order valence-electron chi connectivity index (χ1n) is 7.20. The van der Waals surface area contributed by atoms with E-state index in [1.807, 2.05) is 6.92 Å². The fraction of sp³-hybridized carbons (Fsp3) is 0.235. The van der Waals surface area contributed by atoms with Gasteiger partial charge in [-0.25, -0.2) is 13.2 Å². The molecule has 0 aliphatic heterocycles. The number of carbonyl (C=O) groups is 1. The fourth-order valence-corrected chi connectivity index (χ4v) is 3.26. The van der Waals surface area contributed by atoms with Gasteiger partial charge in [0.25, 0.3) is 0 Å². The molecule has 23 heavy (non-hydrogen) atoms. The van der Waals surface area contributed by atoms with Gasteiger partial charge in [-0.2, -0.15) is 0 Å². The Morgan fingerprint density at radius 2 is 1.65 bits per heavy atom. The number of ether oxygens (including phenoxy) is 1. The molecule has 2 aromatic rings. The van der Waals surface area contributed by atoms with Gasteiger partial charge in [-0.3, -0.25) is 0 Å². The number of aryl methyl sites for hydroxylation is 1. The predicted octanol–water partition coefficient (Wildman–Crippen LogP) is 2.60. The van der Waals surface area contributed by atoms with Gasteiger partial charge in [-0.05, 0) is 49.7 Å². The second-order valence-corrected chi connectivity index (χ2v) is 7.35. The molecule has 0 aliphatic carbocycles. The van der Waals surface area contributed by atoms with Gasteiger partial charge < -0.3 is 10.5 Å². The molecule has 5 nitrogen and oxygen atoms in total. The summed E-state index contributed by atoms with van der Waals surface area (Å²) in [7, 11) is -3.35. The Labute approximate surface area is 136 Å². The van der Waals surface area contributed by atoms with Crippen LogP contribution in [0.1, 0.15) is 22.3 Å². The van der Waals surface area contributed by atoms with E-state index >= 15 is 0 Å². The Bertz CT molecular complexity index is 765. The van der Waals surface area contributed by atoms with Crippen LogP contribution >= 0.6 is 0 Å². The first-order chi connectivity index (χ1) is 10.9. The average molecular weight is 333 g/mol. The molecule has 0 fully saturated rings. The lowest BCUT2D eigenvalue weighted by molar-refractivity contribution is 0.0505. The minimum Gasteiger partial charge on any atom is -0.462 e. The van der Waals surface area contributed by atoms with Crippen LogP contribution in [-0.4, -0.2) is 26.7 Å². The summed E-state index contributed by atoms with van der Waals surface area (Å²) < 4.78 is 29.4. The van der Waals surface area contributed by atoms with E-state index in [1.165, 1.54) is 0 Å². The van der Waals surface area contributed by atoms with Crippen molar-refractivity contribution in [3.8, 4) is 0 Å². The Morgan fingerprint density at radius 3 is 2.26 bits per heavy atom. The van der Waals surface area contributed by atoms with Crippen molar-refractivity contribution in [1.82, 2.24) is 0 Å². The van der Waals surface area contributed by atoms with E-state index in [1.54, 1.807) is 48.5 Å². The van der Waals surface area contributed by atoms with E-state index < -0.39 is 15.8 Å². The van der Waals surface area contributed by atoms with Gasteiger partial charge in [0.1, 0.15) is 0 Å². The molecule has 0 atom stereocenters. The smallest absolute Gasteiger partial charge is 0.338 e. The molecule has 0 spiro atoms. The standard InChI is InChI=1S/C17H19NO4S/c1-13-3-9-16(10-4-13)23(20,21)12-2-11-22-17(19)14-5-7-15(18)8-6-14/h3-10H,2,11-12,18H2,1H3. The molecule has 0 amide bonds. The van der Waals surface area contributed by atoms with Crippen LogP contribution < -0.4 is 5.73 Å². The van der Waals surface area contributed by atoms with Crippen molar-refractivity contribution in [2.75, 3.05) is 18.1 Å². The summed E-state index contributed by atoms with van der Waals surface area (Å²) in [5.74, 6) is -0.553. The van der Waals surface area contributed by atoms with Gasteiger partial charge in [0.15, 0.2) is 9.84 Å². The summed E-state index contributed by atoms with van der Waals surface area (Å²) in [5, 5.41) is 0. The molecule has 2 N–H and O–H groups in total. The first kappa shape index (κ1) is 17.0. The summed E-state index contributed by atoms with van der Waals surface area (Å²) in [6.07, 6.45) is 0.247. The number of esters is 1. The van der Waals surface area contributed by atoms with Crippen LogP contribution in [0.4, 0.5) is 5.69 Å². The number of anilines is 1. The zero-order chi connectivity index (χ0) is 16.9. The highest BCUT2D eigenvalue weighted by atomic mass is 32.2. The van der Waals surface area contributed by atoms with E-state index in [-0.39, 0.29) is 23.7 Å². The van der Waals surface area contributed by atoms with Crippen LogP contribution in [0.3, 0.4) is 0 Å². The van der Waals surface area contributed by atoms with Crippen molar-refractivity contribution in [1.29, 1.82) is 0 Å². The van der Waals surface area contributed by atoms with Crippen LogP contribution in [0.15, 0.2) is 53.4 Å². The van der Waals surface area contributed by atoms with Crippen LogP contribution in [0.5, 0.6) is 0 Å². The molecule has 122 valence electrons. The minimum absolute atomic E-state index is 0.0499. The molecule has 0 bridgehead atoms. The van der Waals surface area contributed by atoms with Crippen LogP contribution in [0.2, 0.25) is 0 Å². The first-order valence-corrected chi connectivity index (χ1v) is 8.86. The Hall–Kier alpha value is -2.34. The van der Waals surface area contributed by atoms with Crippen molar-refractivity contribution in [3.63, 3.8) is 0 Å². The van der Waals surface area contributed by atoms with Gasteiger partial charge in [0.05, 0.1) is 22.8 Å². The number of nitrogen functional groups attached to an aromatic ring is 1. The summed E-state index contributed by atoms with van der Waals surface area (Å²) in [6.45, 7) is 1.95. The summed E-state index contributed by atoms with van der Waals surface area (Å²) in [6, 6.07) is 13.1. The Balaban J connectivity index is 1.83. The van der Waals surface area contributed by atoms with Crippen molar-refractivity contribution in [2.24, 2.45) is 0 Å². The zero-order valence-electron chi connectivity index (χ0n) is 12.9. The number of hydrogen-bond donors (Lipinski definition) is 1. The molecule has 2 aromatic carbocycles. The van der Waals surface area contributed by atoms with Crippen molar-refractivity contribution < 1.29 is 17.9 Å². The van der Waals surface area contributed by atoms with Crippen LogP contribution in [-0.2, 0) is 14.6 Å². The summed E-state index contributed by atoms with van der Waals surface area (Å²) in [5.41, 5.74) is 7.49. The topological polar surface area (TPSA) is 86.5 Å². The Kier molecular flexibility index (Phi) is 5.39. The molecule has 0 radical (unpaired) electrons. The monoisotopic (exact) mass is 333 g/mol. The highest BCUT2D eigenvalue weighted by Gasteiger charge is 2.14. The molecule has 2 rings (SSSR count). The third kappa shape index (κ3) is 4.82. The van der Waals surface area contributed by atoms with Gasteiger partial charge in [0.2, 0.25) is 0 Å². The normalized spacial score (nSPS) is 11.2. The lowest BCUT2D eigenvalue weighted by atomic mass is 10.2. The molecule has 0 aliphatic rings. The van der Waals surface area contributed by atoms with Crippen LogP contribution in [0, 0.1) is 6.92 Å². The van der Waals surface area contributed by atoms with Crippen molar-refractivity contribution in [2.45, 2.75) is 18.2 Å². The van der Waals surface area contributed by atoms with Crippen molar-refractivity contribution in [3.05, 3.63) is 59.7 Å². The maximum absolute atomic E-state index is 12.1. The Morgan fingerprint density at radius 1 is 1.04 bits per heavy atom. The SMILES string of the molecule is Cc1ccc(S(=O)(=O)CCCOC(=O)c2ccc(N)cc2)cc1. The number of carbonyl (C=O) groups excluding carboxylic acids is 1. The average Bonchev–Trinajstić information content (AvgIpc) is 2.52. The molecule has 0 aromatic heterocycles. The molecular weight excluding hydrogens is 314 g/mol. The molecule has 6 heteroatoms. The third-order valence-electron chi connectivity index (χ3n) is 3.32.